The molecule has 0 saturated carbocycles. The molecule has 0 aromatic heterocycles. The summed E-state index contributed by atoms with van der Waals surface area (Å²) in [5, 5.41) is 7.28. The molecule has 0 aliphatic carbocycles. The summed E-state index contributed by atoms with van der Waals surface area (Å²) >= 11 is 0. The number of fused-ring (bicyclic) bond motifs is 2. The van der Waals surface area contributed by atoms with E-state index in [9.17, 15) is 0 Å². The Balaban J connectivity index is 1.42. The summed E-state index contributed by atoms with van der Waals surface area (Å²) in [7, 11) is 3.35. The lowest BCUT2D eigenvalue weighted by Gasteiger charge is -2.42. The first kappa shape index (κ1) is 17.7. The van der Waals surface area contributed by atoms with Crippen LogP contribution in [0.5, 0.6) is 11.5 Å². The highest BCUT2D eigenvalue weighted by Crippen LogP contribution is 2.45. The van der Waals surface area contributed by atoms with Gasteiger partial charge in [0.05, 0.1) is 14.2 Å². The molecule has 3 heterocycles. The van der Waals surface area contributed by atoms with E-state index in [1.807, 2.05) is 12.1 Å². The van der Waals surface area contributed by atoms with Crippen molar-refractivity contribution in [1.29, 1.82) is 0 Å². The Morgan fingerprint density at radius 1 is 1.11 bits per heavy atom. The molecule has 0 spiro atoms. The molecule has 3 aliphatic rings. The van der Waals surface area contributed by atoms with E-state index in [1.165, 1.54) is 48.4 Å². The highest BCUT2D eigenvalue weighted by molar-refractivity contribution is 5.70. The van der Waals surface area contributed by atoms with Crippen molar-refractivity contribution in [3.8, 4) is 11.5 Å². The molecule has 2 aromatic rings. The minimum absolute atomic E-state index is 0.658. The number of aryl methyl sites for hydroxylation is 1. The van der Waals surface area contributed by atoms with Gasteiger partial charge < -0.3 is 25.0 Å². The third-order valence-electron chi connectivity index (χ3n) is 6.55. The Bertz CT molecular complexity index is 882. The molecule has 0 radical (unpaired) electrons. The van der Waals surface area contributed by atoms with Gasteiger partial charge in [0, 0.05) is 50.0 Å². The Hall–Kier alpha value is -2.40. The zero-order valence-corrected chi connectivity index (χ0v) is 16.8. The molecule has 1 fully saturated rings. The highest BCUT2D eigenvalue weighted by Gasteiger charge is 2.38. The van der Waals surface area contributed by atoms with Crippen molar-refractivity contribution in [2.45, 2.75) is 25.3 Å². The minimum atomic E-state index is 0.658. The number of methoxy groups -OCH3 is 2. The van der Waals surface area contributed by atoms with E-state index in [-0.39, 0.29) is 0 Å². The summed E-state index contributed by atoms with van der Waals surface area (Å²) in [4.78, 5) is 2.64. The first-order valence-corrected chi connectivity index (χ1v) is 10.3. The Morgan fingerprint density at radius 3 is 2.86 bits per heavy atom. The molecule has 5 heteroatoms. The van der Waals surface area contributed by atoms with Gasteiger partial charge in [-0.2, -0.15) is 0 Å². The number of benzene rings is 2. The van der Waals surface area contributed by atoms with Crippen LogP contribution in [0.15, 0.2) is 30.3 Å². The molecule has 3 aliphatic heterocycles. The summed E-state index contributed by atoms with van der Waals surface area (Å²) in [5.74, 6) is 2.95. The van der Waals surface area contributed by atoms with Crippen LogP contribution in [0.4, 0.5) is 11.4 Å². The van der Waals surface area contributed by atoms with Crippen LogP contribution in [-0.4, -0.2) is 40.4 Å². The zero-order valence-electron chi connectivity index (χ0n) is 16.8. The average molecular weight is 380 g/mol. The van der Waals surface area contributed by atoms with Crippen molar-refractivity contribution in [2.75, 3.05) is 50.6 Å². The summed E-state index contributed by atoms with van der Waals surface area (Å²) in [5.41, 5.74) is 7.02. The van der Waals surface area contributed by atoms with Gasteiger partial charge in [0.25, 0.3) is 0 Å². The number of rotatable bonds is 5. The second kappa shape index (κ2) is 7.21. The molecule has 1 saturated heterocycles. The Labute approximate surface area is 167 Å². The number of hydrogen-bond acceptors (Lipinski definition) is 5. The molecular formula is C23H29N3O2. The van der Waals surface area contributed by atoms with Gasteiger partial charge in [0.1, 0.15) is 0 Å². The summed E-state index contributed by atoms with van der Waals surface area (Å²) in [6.45, 7) is 5.47. The van der Waals surface area contributed by atoms with Crippen LogP contribution in [0.25, 0.3) is 0 Å². The number of nitrogens with one attached hydrogen (secondary N) is 2. The van der Waals surface area contributed by atoms with Crippen LogP contribution in [-0.2, 0) is 13.0 Å². The van der Waals surface area contributed by atoms with E-state index in [4.69, 9.17) is 9.47 Å². The highest BCUT2D eigenvalue weighted by atomic mass is 16.5. The SMILES string of the molecule is COc1ccc(CNc2cc3c4c(c2)[C@@H]2CNC[C@@H]2CN4CCC3)cc1OC. The standard InChI is InChI=1S/C23H29N3O2/c1-27-21-6-5-15(8-22(21)28-2)11-25-18-9-16-4-3-7-26-14-17-12-24-13-20(17)19(10-18)23(16)26/h5-6,8-10,17,20,24-25H,3-4,7,11-14H2,1-2H3/t17-,20-/m1/s1. The van der Waals surface area contributed by atoms with E-state index in [1.54, 1.807) is 19.8 Å². The maximum absolute atomic E-state index is 5.44. The normalized spacial score (nSPS) is 22.4. The first-order valence-electron chi connectivity index (χ1n) is 10.3. The monoisotopic (exact) mass is 379 g/mol. The van der Waals surface area contributed by atoms with Gasteiger partial charge in [-0.15, -0.1) is 0 Å². The maximum Gasteiger partial charge on any atom is 0.161 e. The van der Waals surface area contributed by atoms with Crippen molar-refractivity contribution in [3.05, 3.63) is 47.0 Å². The van der Waals surface area contributed by atoms with E-state index < -0.39 is 0 Å². The van der Waals surface area contributed by atoms with Crippen molar-refractivity contribution < 1.29 is 9.47 Å². The molecular weight excluding hydrogens is 350 g/mol. The summed E-state index contributed by atoms with van der Waals surface area (Å²) in [6.07, 6.45) is 2.45. The van der Waals surface area contributed by atoms with Gasteiger partial charge >= 0.3 is 0 Å². The van der Waals surface area contributed by atoms with Crippen LogP contribution in [0.2, 0.25) is 0 Å². The first-order chi connectivity index (χ1) is 13.8. The smallest absolute Gasteiger partial charge is 0.161 e. The zero-order chi connectivity index (χ0) is 19.1. The molecule has 5 rings (SSSR count). The second-order valence-corrected chi connectivity index (χ2v) is 8.19. The lowest BCUT2D eigenvalue weighted by Crippen LogP contribution is -2.41. The van der Waals surface area contributed by atoms with Crippen molar-refractivity contribution in [3.63, 3.8) is 0 Å². The molecule has 0 amide bonds. The Morgan fingerprint density at radius 2 is 2.00 bits per heavy atom. The van der Waals surface area contributed by atoms with Gasteiger partial charge in [0.2, 0.25) is 0 Å². The molecule has 28 heavy (non-hydrogen) atoms. The lowest BCUT2D eigenvalue weighted by atomic mass is 9.80. The predicted octanol–water partition coefficient (Wildman–Crippen LogP) is 3.39. The number of nitrogens with zero attached hydrogens (tertiary/aromatic N) is 1. The molecule has 2 aromatic carbocycles. The van der Waals surface area contributed by atoms with Gasteiger partial charge in [-0.3, -0.25) is 0 Å². The van der Waals surface area contributed by atoms with Crippen molar-refractivity contribution in [2.24, 2.45) is 5.92 Å². The van der Waals surface area contributed by atoms with Crippen LogP contribution in [0.1, 0.15) is 29.0 Å². The molecule has 2 N–H and O–H groups in total. The maximum atomic E-state index is 5.44. The summed E-state index contributed by atoms with van der Waals surface area (Å²) < 4.78 is 10.8. The third kappa shape index (κ3) is 2.98. The van der Waals surface area contributed by atoms with Crippen LogP contribution < -0.4 is 25.0 Å². The number of ether oxygens (including phenoxy) is 2. The molecule has 0 bridgehead atoms. The Kier molecular flexibility index (Phi) is 4.55. The minimum Gasteiger partial charge on any atom is -0.493 e. The number of anilines is 2. The van der Waals surface area contributed by atoms with Gasteiger partial charge in [-0.05, 0) is 59.7 Å². The van der Waals surface area contributed by atoms with Gasteiger partial charge in [-0.1, -0.05) is 6.07 Å². The van der Waals surface area contributed by atoms with E-state index in [2.05, 4.69) is 33.7 Å². The fourth-order valence-electron chi connectivity index (χ4n) is 5.20. The quantitative estimate of drug-likeness (QED) is 0.834. The third-order valence-corrected chi connectivity index (χ3v) is 6.55. The molecule has 5 nitrogen and oxygen atoms in total. The molecule has 2 atom stereocenters. The fraction of sp³-hybridized carbons (Fsp3) is 0.478. The van der Waals surface area contributed by atoms with E-state index in [0.29, 0.717) is 5.92 Å². The van der Waals surface area contributed by atoms with Crippen LogP contribution in [0, 0.1) is 5.92 Å². The number of hydrogen-bond donors (Lipinski definition) is 2. The topological polar surface area (TPSA) is 45.8 Å². The van der Waals surface area contributed by atoms with Crippen molar-refractivity contribution in [1.82, 2.24) is 5.32 Å². The second-order valence-electron chi connectivity index (χ2n) is 8.19. The predicted molar refractivity (Wildman–Crippen MR) is 113 cm³/mol. The largest absolute Gasteiger partial charge is 0.493 e. The lowest BCUT2D eigenvalue weighted by molar-refractivity contribution is 0.354. The van der Waals surface area contributed by atoms with E-state index >= 15 is 0 Å². The van der Waals surface area contributed by atoms with E-state index in [0.717, 1.165) is 37.1 Å². The summed E-state index contributed by atoms with van der Waals surface area (Å²) in [6, 6.07) is 10.9. The van der Waals surface area contributed by atoms with Crippen LogP contribution >= 0.6 is 0 Å². The van der Waals surface area contributed by atoms with Crippen molar-refractivity contribution >= 4 is 11.4 Å². The van der Waals surface area contributed by atoms with Gasteiger partial charge in [0.15, 0.2) is 11.5 Å². The average Bonchev–Trinajstić information content (AvgIpc) is 3.21. The fourth-order valence-corrected chi connectivity index (χ4v) is 5.20. The molecule has 0 unspecified atom stereocenters. The van der Waals surface area contributed by atoms with Crippen LogP contribution in [0.3, 0.4) is 0 Å². The molecule has 148 valence electrons. The van der Waals surface area contributed by atoms with Gasteiger partial charge in [-0.25, -0.2) is 0 Å².